The number of alkyl halides is 1. The van der Waals surface area contributed by atoms with Crippen molar-refractivity contribution in [2.75, 3.05) is 7.11 Å². The van der Waals surface area contributed by atoms with Gasteiger partial charge in [0.05, 0.1) is 7.11 Å². The van der Waals surface area contributed by atoms with Gasteiger partial charge in [-0.05, 0) is 0 Å². The summed E-state index contributed by atoms with van der Waals surface area (Å²) in [6.45, 7) is 0. The Morgan fingerprint density at radius 1 is 1.70 bits per heavy atom. The third-order valence-electron chi connectivity index (χ3n) is 0.990. The van der Waals surface area contributed by atoms with E-state index < -0.39 is 5.97 Å². The summed E-state index contributed by atoms with van der Waals surface area (Å²) in [6, 6.07) is 0. The molecule has 0 spiro atoms. The lowest BCUT2D eigenvalue weighted by Gasteiger charge is -1.99. The number of methoxy groups -OCH3 is 1. The minimum absolute atomic E-state index is 0.0903. The first-order valence-electron chi connectivity index (χ1n) is 2.81. The lowest BCUT2D eigenvalue weighted by molar-refractivity contribution is -0.142. The molecule has 3 nitrogen and oxygen atoms in total. The molecule has 0 saturated heterocycles. The molecule has 0 heterocycles. The summed E-state index contributed by atoms with van der Waals surface area (Å²) in [4.78, 5) is 21.3. The third kappa shape index (κ3) is 3.87. The lowest BCUT2D eigenvalue weighted by Crippen LogP contribution is -2.18. The van der Waals surface area contributed by atoms with Crippen LogP contribution >= 0.6 is 22.6 Å². The van der Waals surface area contributed by atoms with Gasteiger partial charge in [-0.25, -0.2) is 0 Å². The summed E-state index contributed by atoms with van der Waals surface area (Å²) in [5, 5.41) is 0. The monoisotopic (exact) mass is 254 g/mol. The topological polar surface area (TPSA) is 43.4 Å². The highest BCUT2D eigenvalue weighted by molar-refractivity contribution is 14.1. The van der Waals surface area contributed by atoms with Gasteiger partial charge in [0, 0.05) is 3.82 Å². The van der Waals surface area contributed by atoms with Crippen molar-refractivity contribution in [1.82, 2.24) is 0 Å². The molecule has 0 aliphatic heterocycles. The van der Waals surface area contributed by atoms with E-state index in [1.165, 1.54) is 7.11 Å². The molecule has 0 aromatic rings. The second-order valence-electron chi connectivity index (χ2n) is 1.84. The maximum atomic E-state index is 10.8. The zero-order valence-electron chi connectivity index (χ0n) is 5.89. The number of rotatable bonds is 3. The minimum Gasteiger partial charge on any atom is -0.469 e. The van der Waals surface area contributed by atoms with E-state index in [1.54, 1.807) is 7.85 Å². The highest BCUT2D eigenvalue weighted by atomic mass is 127. The predicted molar refractivity (Wildman–Crippen MR) is 48.0 cm³/mol. The molecule has 0 radical (unpaired) electrons. The first kappa shape index (κ1) is 9.93. The summed E-state index contributed by atoms with van der Waals surface area (Å²) in [5.74, 6) is -0.555. The number of carbonyl (C=O) groups is 2. The van der Waals surface area contributed by atoms with Crippen molar-refractivity contribution in [3.05, 3.63) is 0 Å². The molecule has 56 valence electrons. The molecule has 0 saturated carbocycles. The predicted octanol–water partition coefficient (Wildman–Crippen LogP) is -0.487. The van der Waals surface area contributed by atoms with E-state index in [4.69, 9.17) is 0 Å². The molecule has 1 unspecified atom stereocenters. The highest BCUT2D eigenvalue weighted by Gasteiger charge is 2.13. The molecule has 10 heavy (non-hydrogen) atoms. The summed E-state index contributed by atoms with van der Waals surface area (Å²) < 4.78 is 4.19. The Labute approximate surface area is 74.0 Å². The number of hydrogen-bond donors (Lipinski definition) is 0. The Bertz CT molecular complexity index is 146. The Morgan fingerprint density at radius 2 is 2.20 bits per heavy atom. The third-order valence-corrected chi connectivity index (χ3v) is 1.68. The van der Waals surface area contributed by atoms with Crippen LogP contribution in [0.15, 0.2) is 0 Å². The van der Waals surface area contributed by atoms with E-state index in [9.17, 15) is 9.59 Å². The van der Waals surface area contributed by atoms with Crippen molar-refractivity contribution in [3.63, 3.8) is 0 Å². The number of ether oxygens (including phenoxy) is 1. The molecule has 0 aromatic heterocycles. The number of ketones is 1. The second-order valence-corrected chi connectivity index (χ2v) is 3.70. The number of Topliss-reactive ketones (excluding diaryl/α,β-unsaturated/α-hetero) is 1. The molecule has 0 bridgehead atoms. The summed E-state index contributed by atoms with van der Waals surface area (Å²) in [6.07, 6.45) is -0.111. The van der Waals surface area contributed by atoms with Gasteiger partial charge in [-0.2, -0.15) is 0 Å². The van der Waals surface area contributed by atoms with Crippen molar-refractivity contribution in [1.29, 1.82) is 0 Å². The fraction of sp³-hybridized carbons (Fsp3) is 0.600. The van der Waals surface area contributed by atoms with Crippen LogP contribution in [0.4, 0.5) is 0 Å². The van der Waals surface area contributed by atoms with Gasteiger partial charge >= 0.3 is 5.97 Å². The molecule has 0 N–H and O–H groups in total. The van der Waals surface area contributed by atoms with Crippen LogP contribution < -0.4 is 0 Å². The van der Waals surface area contributed by atoms with Gasteiger partial charge in [0.25, 0.3) is 0 Å². The van der Waals surface area contributed by atoms with E-state index in [2.05, 4.69) is 4.74 Å². The largest absolute Gasteiger partial charge is 0.469 e. The second kappa shape index (κ2) is 4.70. The molecule has 0 fully saturated rings. The Balaban J connectivity index is 3.69. The van der Waals surface area contributed by atoms with Crippen molar-refractivity contribution >= 4 is 42.2 Å². The zero-order chi connectivity index (χ0) is 8.15. The Morgan fingerprint density at radius 3 is 2.50 bits per heavy atom. The smallest absolute Gasteiger partial charge is 0.313 e. The highest BCUT2D eigenvalue weighted by Crippen LogP contribution is 1.99. The quantitative estimate of drug-likeness (QED) is 0.224. The molecule has 0 aliphatic carbocycles. The molecule has 0 rings (SSSR count). The molecule has 0 amide bonds. The van der Waals surface area contributed by atoms with Gasteiger partial charge in [-0.3, -0.25) is 9.59 Å². The minimum atomic E-state index is -0.464. The van der Waals surface area contributed by atoms with Crippen LogP contribution in [-0.2, 0) is 14.3 Å². The maximum Gasteiger partial charge on any atom is 0.313 e. The van der Waals surface area contributed by atoms with Gasteiger partial charge in [0.1, 0.15) is 20.1 Å². The Kier molecular flexibility index (Phi) is 4.67. The number of carbonyl (C=O) groups excluding carboxylic acids is 2. The van der Waals surface area contributed by atoms with Gasteiger partial charge < -0.3 is 4.74 Å². The average Bonchev–Trinajstić information content (AvgIpc) is 1.87. The van der Waals surface area contributed by atoms with E-state index in [-0.39, 0.29) is 16.0 Å². The fourth-order valence-corrected chi connectivity index (χ4v) is 0.575. The first-order chi connectivity index (χ1) is 4.57. The molecule has 5 heteroatoms. The SMILES string of the molecule is BC(I)C(=O)CC(=O)OC. The van der Waals surface area contributed by atoms with Gasteiger partial charge in [-0.1, -0.05) is 22.6 Å². The molecular weight excluding hydrogens is 246 g/mol. The summed E-state index contributed by atoms with van der Waals surface area (Å²) in [5.41, 5.74) is 0. The Hall–Kier alpha value is -0.0651. The zero-order valence-corrected chi connectivity index (χ0v) is 8.04. The van der Waals surface area contributed by atoms with Crippen molar-refractivity contribution in [2.24, 2.45) is 0 Å². The van der Waals surface area contributed by atoms with Gasteiger partial charge in [0.15, 0.2) is 0 Å². The van der Waals surface area contributed by atoms with Gasteiger partial charge in [0.2, 0.25) is 0 Å². The van der Waals surface area contributed by atoms with E-state index in [1.807, 2.05) is 22.6 Å². The van der Waals surface area contributed by atoms with Crippen LogP contribution in [0.5, 0.6) is 0 Å². The van der Waals surface area contributed by atoms with E-state index >= 15 is 0 Å². The summed E-state index contributed by atoms with van der Waals surface area (Å²) >= 11 is 1.96. The van der Waals surface area contributed by atoms with Crippen LogP contribution in [-0.4, -0.2) is 30.5 Å². The van der Waals surface area contributed by atoms with Crippen LogP contribution in [0.3, 0.4) is 0 Å². The molecule has 1 atom stereocenters. The molecule has 0 aromatic carbocycles. The van der Waals surface area contributed by atoms with Crippen molar-refractivity contribution in [2.45, 2.75) is 10.2 Å². The summed E-state index contributed by atoms with van der Waals surface area (Å²) in [7, 11) is 3.01. The average molecular weight is 254 g/mol. The number of esters is 1. The van der Waals surface area contributed by atoms with Crippen LogP contribution in [0.2, 0.25) is 0 Å². The number of halogens is 1. The van der Waals surface area contributed by atoms with Crippen LogP contribution in [0.1, 0.15) is 6.42 Å². The first-order valence-corrected chi connectivity index (χ1v) is 4.06. The van der Waals surface area contributed by atoms with E-state index in [0.717, 1.165) is 0 Å². The van der Waals surface area contributed by atoms with Crippen LogP contribution in [0.25, 0.3) is 0 Å². The number of hydrogen-bond acceptors (Lipinski definition) is 3. The van der Waals surface area contributed by atoms with Crippen molar-refractivity contribution in [3.8, 4) is 0 Å². The standard InChI is InChI=1S/C5H8BIO3/c1-10-4(9)2-3(8)5(6)7/h5H,2,6H2,1H3. The molecule has 0 aliphatic rings. The fourth-order valence-electron chi connectivity index (χ4n) is 0.355. The van der Waals surface area contributed by atoms with Gasteiger partial charge in [-0.15, -0.1) is 0 Å². The maximum absolute atomic E-state index is 10.8. The van der Waals surface area contributed by atoms with Crippen molar-refractivity contribution < 1.29 is 14.3 Å². The molecular formula is C5H8BIO3. The van der Waals surface area contributed by atoms with Crippen LogP contribution in [0, 0.1) is 0 Å². The van der Waals surface area contributed by atoms with E-state index in [0.29, 0.717) is 0 Å². The normalized spacial score (nSPS) is 12.2. The lowest BCUT2D eigenvalue weighted by atomic mass is 9.99.